The van der Waals surface area contributed by atoms with Gasteiger partial charge < -0.3 is 14.6 Å². The van der Waals surface area contributed by atoms with Gasteiger partial charge in [-0.25, -0.2) is 14.1 Å². The number of carbonyl (C=O) groups is 1. The molecule has 1 aromatic carbocycles. The fraction of sp³-hybridized carbons (Fsp3) is 0.235. The third kappa shape index (κ3) is 2.65. The summed E-state index contributed by atoms with van der Waals surface area (Å²) < 4.78 is 16.2. The average Bonchev–Trinajstić information content (AvgIpc) is 3.18. The standard InChI is InChI=1S/C17H16FN5O2/c1-21-6-7-22-9-13(16(24)15(22)17(21)25)23-10-19-14(20-23)8-11-2-4-12(18)5-3-11/h2-5,9-10,24H,6-8H2,1H3. The highest BCUT2D eigenvalue weighted by molar-refractivity contribution is 5.97. The first kappa shape index (κ1) is 15.4. The number of likely N-dealkylation sites (N-methyl/N-ethyl adjacent to an activating group) is 1. The van der Waals surface area contributed by atoms with Gasteiger partial charge in [0.25, 0.3) is 5.91 Å². The lowest BCUT2D eigenvalue weighted by Crippen LogP contribution is -2.36. The van der Waals surface area contributed by atoms with Crippen LogP contribution in [0.15, 0.2) is 36.8 Å². The number of benzene rings is 1. The van der Waals surface area contributed by atoms with E-state index in [1.807, 2.05) is 0 Å². The van der Waals surface area contributed by atoms with Crippen LogP contribution in [-0.2, 0) is 13.0 Å². The van der Waals surface area contributed by atoms with E-state index >= 15 is 0 Å². The van der Waals surface area contributed by atoms with Gasteiger partial charge in [0, 0.05) is 32.8 Å². The molecule has 3 aromatic rings. The molecule has 0 spiro atoms. The second-order valence-corrected chi connectivity index (χ2v) is 6.04. The van der Waals surface area contributed by atoms with Crippen LogP contribution in [0, 0.1) is 5.82 Å². The molecule has 1 N–H and O–H groups in total. The molecule has 7 nitrogen and oxygen atoms in total. The van der Waals surface area contributed by atoms with E-state index in [1.54, 1.807) is 34.8 Å². The first-order valence-corrected chi connectivity index (χ1v) is 7.86. The molecular weight excluding hydrogens is 325 g/mol. The molecule has 3 heterocycles. The van der Waals surface area contributed by atoms with E-state index in [4.69, 9.17) is 0 Å². The molecule has 1 aliphatic heterocycles. The van der Waals surface area contributed by atoms with Gasteiger partial charge in [0.1, 0.15) is 17.8 Å². The highest BCUT2D eigenvalue weighted by atomic mass is 19.1. The molecule has 0 saturated heterocycles. The fourth-order valence-electron chi connectivity index (χ4n) is 2.92. The molecule has 0 bridgehead atoms. The Kier molecular flexibility index (Phi) is 3.52. The molecule has 8 heteroatoms. The van der Waals surface area contributed by atoms with Crippen molar-refractivity contribution in [2.75, 3.05) is 13.6 Å². The van der Waals surface area contributed by atoms with Crippen molar-refractivity contribution in [1.82, 2.24) is 24.2 Å². The largest absolute Gasteiger partial charge is 0.504 e. The summed E-state index contributed by atoms with van der Waals surface area (Å²) in [5, 5.41) is 14.8. The maximum absolute atomic E-state index is 13.0. The Morgan fingerprint density at radius 1 is 1.24 bits per heavy atom. The number of aromatic nitrogens is 4. The minimum Gasteiger partial charge on any atom is -0.504 e. The number of carbonyl (C=O) groups excluding carboxylic acids is 1. The molecule has 25 heavy (non-hydrogen) atoms. The van der Waals surface area contributed by atoms with Crippen molar-refractivity contribution < 1.29 is 14.3 Å². The highest BCUT2D eigenvalue weighted by Crippen LogP contribution is 2.30. The Hall–Kier alpha value is -3.16. The van der Waals surface area contributed by atoms with Crippen LogP contribution < -0.4 is 0 Å². The predicted octanol–water partition coefficient (Wildman–Crippen LogP) is 1.59. The van der Waals surface area contributed by atoms with Gasteiger partial charge in [0.05, 0.1) is 0 Å². The smallest absolute Gasteiger partial charge is 0.274 e. The lowest BCUT2D eigenvalue weighted by atomic mass is 10.1. The molecule has 0 radical (unpaired) electrons. The van der Waals surface area contributed by atoms with Crippen LogP contribution >= 0.6 is 0 Å². The molecule has 0 fully saturated rings. The Morgan fingerprint density at radius 3 is 2.76 bits per heavy atom. The van der Waals surface area contributed by atoms with Crippen LogP contribution in [0.25, 0.3) is 5.69 Å². The SMILES string of the molecule is CN1CCn2cc(-n3cnc(Cc4ccc(F)cc4)n3)c(O)c2C1=O. The summed E-state index contributed by atoms with van der Waals surface area (Å²) in [6, 6.07) is 6.14. The number of rotatable bonds is 3. The first-order valence-electron chi connectivity index (χ1n) is 7.86. The van der Waals surface area contributed by atoms with Crippen molar-refractivity contribution in [2.45, 2.75) is 13.0 Å². The van der Waals surface area contributed by atoms with Crippen molar-refractivity contribution in [2.24, 2.45) is 0 Å². The number of amides is 1. The van der Waals surface area contributed by atoms with E-state index in [0.717, 1.165) is 5.56 Å². The zero-order valence-corrected chi connectivity index (χ0v) is 13.6. The number of aromatic hydroxyl groups is 1. The van der Waals surface area contributed by atoms with E-state index < -0.39 is 0 Å². The third-order valence-electron chi connectivity index (χ3n) is 4.32. The summed E-state index contributed by atoms with van der Waals surface area (Å²) in [5.41, 5.74) is 1.56. The number of halogens is 1. The van der Waals surface area contributed by atoms with Gasteiger partial charge in [-0.05, 0) is 17.7 Å². The lowest BCUT2D eigenvalue weighted by molar-refractivity contribution is 0.0745. The third-order valence-corrected chi connectivity index (χ3v) is 4.32. The first-order chi connectivity index (χ1) is 12.0. The summed E-state index contributed by atoms with van der Waals surface area (Å²) >= 11 is 0. The summed E-state index contributed by atoms with van der Waals surface area (Å²) in [5.74, 6) is -0.0729. The van der Waals surface area contributed by atoms with Crippen molar-refractivity contribution in [3.8, 4) is 11.4 Å². The van der Waals surface area contributed by atoms with E-state index in [2.05, 4.69) is 10.1 Å². The Morgan fingerprint density at radius 2 is 2.00 bits per heavy atom. The number of fused-ring (bicyclic) bond motifs is 1. The fourth-order valence-corrected chi connectivity index (χ4v) is 2.92. The molecule has 1 amide bonds. The highest BCUT2D eigenvalue weighted by Gasteiger charge is 2.29. The van der Waals surface area contributed by atoms with Crippen molar-refractivity contribution in [3.05, 3.63) is 59.7 Å². The summed E-state index contributed by atoms with van der Waals surface area (Å²) in [7, 11) is 1.70. The second-order valence-electron chi connectivity index (χ2n) is 6.04. The molecule has 0 saturated carbocycles. The maximum atomic E-state index is 13.0. The Labute approximate surface area is 142 Å². The summed E-state index contributed by atoms with van der Waals surface area (Å²) in [4.78, 5) is 18.0. The average molecular weight is 341 g/mol. The number of hydrogen-bond acceptors (Lipinski definition) is 4. The van der Waals surface area contributed by atoms with Crippen molar-refractivity contribution in [1.29, 1.82) is 0 Å². The lowest BCUT2D eigenvalue weighted by Gasteiger charge is -2.24. The van der Waals surface area contributed by atoms with Crippen LogP contribution in [0.1, 0.15) is 21.9 Å². The van der Waals surface area contributed by atoms with E-state index in [9.17, 15) is 14.3 Å². The normalized spacial score (nSPS) is 14.0. The topological polar surface area (TPSA) is 76.2 Å². The van der Waals surface area contributed by atoms with Crippen LogP contribution in [0.4, 0.5) is 4.39 Å². The molecule has 2 aromatic heterocycles. The van der Waals surface area contributed by atoms with E-state index in [1.165, 1.54) is 23.1 Å². The molecule has 1 aliphatic rings. The van der Waals surface area contributed by atoms with Crippen molar-refractivity contribution >= 4 is 5.91 Å². The van der Waals surface area contributed by atoms with Crippen LogP contribution in [-0.4, -0.2) is 48.8 Å². The van der Waals surface area contributed by atoms with Crippen molar-refractivity contribution in [3.63, 3.8) is 0 Å². The zero-order valence-electron chi connectivity index (χ0n) is 13.6. The zero-order chi connectivity index (χ0) is 17.6. The number of hydrogen-bond donors (Lipinski definition) is 1. The van der Waals surface area contributed by atoms with Gasteiger partial charge >= 0.3 is 0 Å². The van der Waals surface area contributed by atoms with Gasteiger partial charge in [-0.1, -0.05) is 12.1 Å². The van der Waals surface area contributed by atoms with Gasteiger partial charge in [-0.15, -0.1) is 0 Å². The minimum absolute atomic E-state index is 0.102. The van der Waals surface area contributed by atoms with Gasteiger partial charge in [0.2, 0.25) is 0 Å². The molecule has 4 rings (SSSR count). The second kappa shape index (κ2) is 5.73. The molecule has 0 aliphatic carbocycles. The molecular formula is C17H16FN5O2. The molecule has 128 valence electrons. The quantitative estimate of drug-likeness (QED) is 0.785. The van der Waals surface area contributed by atoms with Crippen LogP contribution in [0.3, 0.4) is 0 Å². The Balaban J connectivity index is 1.63. The molecule has 0 unspecified atom stereocenters. The van der Waals surface area contributed by atoms with Gasteiger partial charge in [0.15, 0.2) is 17.3 Å². The van der Waals surface area contributed by atoms with E-state index in [-0.39, 0.29) is 23.2 Å². The maximum Gasteiger partial charge on any atom is 0.274 e. The predicted molar refractivity (Wildman–Crippen MR) is 87.2 cm³/mol. The van der Waals surface area contributed by atoms with Gasteiger partial charge in [-0.3, -0.25) is 4.79 Å². The van der Waals surface area contributed by atoms with Crippen LogP contribution in [0.2, 0.25) is 0 Å². The molecule has 0 atom stereocenters. The monoisotopic (exact) mass is 341 g/mol. The van der Waals surface area contributed by atoms with Crippen LogP contribution in [0.5, 0.6) is 5.75 Å². The van der Waals surface area contributed by atoms with E-state index in [0.29, 0.717) is 31.0 Å². The number of nitrogens with zero attached hydrogens (tertiary/aromatic N) is 5. The minimum atomic E-state index is -0.291. The summed E-state index contributed by atoms with van der Waals surface area (Å²) in [6.45, 7) is 1.20. The summed E-state index contributed by atoms with van der Waals surface area (Å²) in [6.07, 6.45) is 3.64. The Bertz CT molecular complexity index is 945. The van der Waals surface area contributed by atoms with Gasteiger partial charge in [-0.2, -0.15) is 5.10 Å².